The molecular formula is C26H18Br2N2O4. The lowest BCUT2D eigenvalue weighted by Crippen LogP contribution is -1.87. The van der Waals surface area contributed by atoms with Crippen molar-refractivity contribution in [3.8, 4) is 45.8 Å². The predicted molar refractivity (Wildman–Crippen MR) is 138 cm³/mol. The van der Waals surface area contributed by atoms with Crippen molar-refractivity contribution < 1.29 is 19.0 Å². The molecule has 0 spiro atoms. The Kier molecular flexibility index (Phi) is 7.06. The molecule has 0 fully saturated rings. The first-order valence-corrected chi connectivity index (χ1v) is 11.6. The van der Waals surface area contributed by atoms with Gasteiger partial charge in [0, 0.05) is 17.3 Å². The summed E-state index contributed by atoms with van der Waals surface area (Å²) in [5.41, 5.74) is 3.22. The van der Waals surface area contributed by atoms with Crippen LogP contribution in [0.5, 0.6) is 17.2 Å². The minimum Gasteiger partial charge on any atom is -0.506 e. The molecule has 0 aliphatic carbocycles. The van der Waals surface area contributed by atoms with Crippen LogP contribution in [0.2, 0.25) is 0 Å². The van der Waals surface area contributed by atoms with E-state index in [1.54, 1.807) is 32.6 Å². The number of hydrogen-bond acceptors (Lipinski definition) is 6. The number of phenols is 1. The quantitative estimate of drug-likeness (QED) is 0.238. The van der Waals surface area contributed by atoms with E-state index in [4.69, 9.17) is 13.9 Å². The van der Waals surface area contributed by atoms with Crippen molar-refractivity contribution in [2.24, 2.45) is 4.99 Å². The molecule has 34 heavy (non-hydrogen) atoms. The van der Waals surface area contributed by atoms with Crippen LogP contribution in [0.3, 0.4) is 0 Å². The molecule has 3 aromatic carbocycles. The van der Waals surface area contributed by atoms with Gasteiger partial charge in [-0.05, 0) is 91.5 Å². The highest BCUT2D eigenvalue weighted by atomic mass is 79.9. The molecule has 4 aromatic rings. The molecule has 0 aliphatic heterocycles. The van der Waals surface area contributed by atoms with E-state index < -0.39 is 0 Å². The first-order valence-electron chi connectivity index (χ1n) is 10.0. The third-order valence-corrected chi connectivity index (χ3v) is 6.31. The Balaban J connectivity index is 1.87. The molecule has 0 radical (unpaired) electrons. The molecule has 0 unspecified atom stereocenters. The summed E-state index contributed by atoms with van der Waals surface area (Å²) in [4.78, 5) is 4.47. The van der Waals surface area contributed by atoms with E-state index in [-0.39, 0.29) is 11.6 Å². The summed E-state index contributed by atoms with van der Waals surface area (Å²) in [6.07, 6.45) is 1.57. The average molecular weight is 582 g/mol. The number of halogens is 2. The first kappa shape index (κ1) is 23.6. The Bertz CT molecular complexity index is 1380. The summed E-state index contributed by atoms with van der Waals surface area (Å²) in [7, 11) is 3.20. The standard InChI is InChI=1S/C26H18Br2N2O4/c1-32-18-7-3-16(4-8-18)23-20(13-29)26(30-14-15-11-21(27)24(31)22(28)12-15)34-25(23)17-5-9-19(33-2)10-6-17/h3-12,14,31H,1-2H3. The van der Waals surface area contributed by atoms with Crippen LogP contribution < -0.4 is 9.47 Å². The van der Waals surface area contributed by atoms with Crippen LogP contribution in [-0.2, 0) is 0 Å². The van der Waals surface area contributed by atoms with Crippen molar-refractivity contribution in [2.45, 2.75) is 0 Å². The lowest BCUT2D eigenvalue weighted by Gasteiger charge is -2.06. The van der Waals surface area contributed by atoms with Gasteiger partial charge in [0.05, 0.1) is 23.2 Å². The number of aliphatic imine (C=N–C) groups is 1. The summed E-state index contributed by atoms with van der Waals surface area (Å²) < 4.78 is 17.7. The maximum atomic E-state index is 10.0. The number of phenolic OH excluding ortho intramolecular Hbond substituents is 1. The highest BCUT2D eigenvalue weighted by Gasteiger charge is 2.23. The van der Waals surface area contributed by atoms with Gasteiger partial charge in [0.25, 0.3) is 0 Å². The van der Waals surface area contributed by atoms with Gasteiger partial charge in [0.15, 0.2) is 0 Å². The van der Waals surface area contributed by atoms with Crippen molar-refractivity contribution in [1.82, 2.24) is 0 Å². The van der Waals surface area contributed by atoms with E-state index in [2.05, 4.69) is 42.9 Å². The SMILES string of the molecule is COc1ccc(-c2oc(N=Cc3cc(Br)c(O)c(Br)c3)c(C#N)c2-c2ccc(OC)cc2)cc1. The molecule has 8 heteroatoms. The maximum absolute atomic E-state index is 10.0. The first-order chi connectivity index (χ1) is 16.4. The van der Waals surface area contributed by atoms with Gasteiger partial charge in [-0.2, -0.15) is 5.26 Å². The van der Waals surface area contributed by atoms with Crippen LogP contribution in [0.15, 0.2) is 79.0 Å². The fourth-order valence-corrected chi connectivity index (χ4v) is 4.61. The number of benzene rings is 3. The largest absolute Gasteiger partial charge is 0.506 e. The number of methoxy groups -OCH3 is 2. The second-order valence-electron chi connectivity index (χ2n) is 7.15. The molecule has 1 aromatic heterocycles. The number of nitriles is 1. The Morgan fingerprint density at radius 1 is 0.912 bits per heavy atom. The molecule has 0 saturated heterocycles. The van der Waals surface area contributed by atoms with Crippen LogP contribution in [0.1, 0.15) is 11.1 Å². The smallest absolute Gasteiger partial charge is 0.238 e. The Labute approximate surface area is 213 Å². The fraction of sp³-hybridized carbons (Fsp3) is 0.0769. The zero-order chi connectivity index (χ0) is 24.2. The van der Waals surface area contributed by atoms with E-state index in [1.807, 2.05) is 48.5 Å². The Hall–Kier alpha value is -3.54. The molecule has 4 rings (SSSR count). The van der Waals surface area contributed by atoms with Crippen LogP contribution in [0.4, 0.5) is 5.88 Å². The third-order valence-electron chi connectivity index (χ3n) is 5.10. The monoisotopic (exact) mass is 580 g/mol. The molecule has 0 atom stereocenters. The van der Waals surface area contributed by atoms with Crippen LogP contribution in [-0.4, -0.2) is 25.5 Å². The van der Waals surface area contributed by atoms with Gasteiger partial charge in [0.2, 0.25) is 5.88 Å². The van der Waals surface area contributed by atoms with Gasteiger partial charge in [0.1, 0.15) is 34.6 Å². The topological polar surface area (TPSA) is 88.0 Å². The molecule has 6 nitrogen and oxygen atoms in total. The van der Waals surface area contributed by atoms with Crippen molar-refractivity contribution in [2.75, 3.05) is 14.2 Å². The Morgan fingerprint density at radius 2 is 1.44 bits per heavy atom. The number of hydrogen-bond donors (Lipinski definition) is 1. The lowest BCUT2D eigenvalue weighted by atomic mass is 9.98. The second-order valence-corrected chi connectivity index (χ2v) is 8.86. The maximum Gasteiger partial charge on any atom is 0.238 e. The van der Waals surface area contributed by atoms with Gasteiger partial charge in [-0.15, -0.1) is 0 Å². The summed E-state index contributed by atoms with van der Waals surface area (Å²) in [5, 5.41) is 20.0. The molecule has 170 valence electrons. The number of ether oxygens (including phenoxy) is 2. The zero-order valence-electron chi connectivity index (χ0n) is 18.2. The molecule has 1 heterocycles. The van der Waals surface area contributed by atoms with Gasteiger partial charge in [-0.3, -0.25) is 0 Å². The normalized spacial score (nSPS) is 10.9. The summed E-state index contributed by atoms with van der Waals surface area (Å²) in [5.74, 6) is 2.21. The predicted octanol–water partition coefficient (Wildman–Crippen LogP) is 7.48. The molecular weight excluding hydrogens is 564 g/mol. The minimum atomic E-state index is 0.0939. The van der Waals surface area contributed by atoms with Crippen LogP contribution in [0, 0.1) is 11.3 Å². The number of aromatic hydroxyl groups is 1. The lowest BCUT2D eigenvalue weighted by molar-refractivity contribution is 0.414. The molecule has 1 N–H and O–H groups in total. The second kappa shape index (κ2) is 10.2. The average Bonchev–Trinajstić information content (AvgIpc) is 3.24. The van der Waals surface area contributed by atoms with Gasteiger partial charge < -0.3 is 19.0 Å². The van der Waals surface area contributed by atoms with Crippen molar-refractivity contribution in [1.29, 1.82) is 5.26 Å². The number of rotatable bonds is 6. The van der Waals surface area contributed by atoms with Gasteiger partial charge in [-0.1, -0.05) is 12.1 Å². The Morgan fingerprint density at radius 3 is 1.94 bits per heavy atom. The van der Waals surface area contributed by atoms with Crippen molar-refractivity contribution in [3.63, 3.8) is 0 Å². The molecule has 0 aliphatic rings. The fourth-order valence-electron chi connectivity index (χ4n) is 3.39. The molecule has 0 amide bonds. The van der Waals surface area contributed by atoms with E-state index in [0.717, 1.165) is 11.1 Å². The third kappa shape index (κ3) is 4.72. The van der Waals surface area contributed by atoms with Gasteiger partial charge >= 0.3 is 0 Å². The van der Waals surface area contributed by atoms with E-state index in [1.165, 1.54) is 0 Å². The van der Waals surface area contributed by atoms with Crippen molar-refractivity contribution in [3.05, 3.63) is 80.7 Å². The minimum absolute atomic E-state index is 0.0939. The van der Waals surface area contributed by atoms with E-state index in [9.17, 15) is 10.4 Å². The molecule has 0 saturated carbocycles. The van der Waals surface area contributed by atoms with Crippen LogP contribution >= 0.6 is 31.9 Å². The van der Waals surface area contributed by atoms with Crippen molar-refractivity contribution >= 4 is 44.0 Å². The summed E-state index contributed by atoms with van der Waals surface area (Å²) in [6.45, 7) is 0. The summed E-state index contributed by atoms with van der Waals surface area (Å²) in [6, 6.07) is 20.5. The van der Waals surface area contributed by atoms with Gasteiger partial charge in [-0.25, -0.2) is 4.99 Å². The highest BCUT2D eigenvalue weighted by molar-refractivity contribution is 9.11. The van der Waals surface area contributed by atoms with Crippen LogP contribution in [0.25, 0.3) is 22.5 Å². The van der Waals surface area contributed by atoms with E-state index in [0.29, 0.717) is 42.9 Å². The number of nitrogens with zero attached hydrogens (tertiary/aromatic N) is 2. The highest BCUT2D eigenvalue weighted by Crippen LogP contribution is 2.43. The zero-order valence-corrected chi connectivity index (χ0v) is 21.3. The molecule has 0 bridgehead atoms. The number of furan rings is 1. The van der Waals surface area contributed by atoms with E-state index >= 15 is 0 Å². The summed E-state index contributed by atoms with van der Waals surface area (Å²) >= 11 is 6.63.